The number of rotatable bonds is 3. The summed E-state index contributed by atoms with van der Waals surface area (Å²) in [5.74, 6) is -0.782. The van der Waals surface area contributed by atoms with E-state index in [2.05, 4.69) is 0 Å². The average molecular weight is 291 g/mol. The molecule has 1 aromatic carbocycles. The molecule has 1 saturated carbocycles. The molecular weight excluding hydrogens is 273 g/mol. The van der Waals surface area contributed by atoms with Crippen LogP contribution >= 0.6 is 0 Å². The van der Waals surface area contributed by atoms with Crippen LogP contribution in [-0.2, 0) is 20.8 Å². The van der Waals surface area contributed by atoms with Crippen molar-refractivity contribution in [2.75, 3.05) is 13.2 Å². The Bertz CT molecular complexity index is 539. The van der Waals surface area contributed by atoms with Crippen LogP contribution in [0, 0.1) is 17.1 Å². The van der Waals surface area contributed by atoms with E-state index in [0.717, 1.165) is 25.7 Å². The highest BCUT2D eigenvalue weighted by molar-refractivity contribution is 5.33. The summed E-state index contributed by atoms with van der Waals surface area (Å²) in [5, 5.41) is 8.84. The molecule has 2 fully saturated rings. The predicted octanol–water partition coefficient (Wildman–Crippen LogP) is 2.90. The molecule has 1 heterocycles. The van der Waals surface area contributed by atoms with Gasteiger partial charge in [0.1, 0.15) is 5.82 Å². The van der Waals surface area contributed by atoms with Crippen LogP contribution in [0.2, 0.25) is 0 Å². The smallest absolute Gasteiger partial charge is 0.168 e. The van der Waals surface area contributed by atoms with Gasteiger partial charge in [-0.05, 0) is 36.6 Å². The molecule has 112 valence electrons. The van der Waals surface area contributed by atoms with Crippen molar-refractivity contribution in [1.29, 1.82) is 5.26 Å². The quantitative estimate of drug-likeness (QED) is 0.859. The van der Waals surface area contributed by atoms with E-state index in [1.807, 2.05) is 6.07 Å². The van der Waals surface area contributed by atoms with E-state index in [1.54, 1.807) is 6.07 Å². The van der Waals surface area contributed by atoms with Crippen molar-refractivity contribution in [2.24, 2.45) is 0 Å². The van der Waals surface area contributed by atoms with E-state index in [4.69, 9.17) is 19.5 Å². The fraction of sp³-hybridized carbons (Fsp3) is 0.562. The molecule has 5 heteroatoms. The maximum Gasteiger partial charge on any atom is 0.168 e. The molecule has 0 aromatic heterocycles. The fourth-order valence-electron chi connectivity index (χ4n) is 3.00. The second kappa shape index (κ2) is 6.10. The lowest BCUT2D eigenvalue weighted by Crippen LogP contribution is -2.37. The third kappa shape index (κ3) is 3.41. The lowest BCUT2D eigenvalue weighted by molar-refractivity contribution is -0.192. The van der Waals surface area contributed by atoms with Crippen LogP contribution in [0.25, 0.3) is 0 Å². The highest BCUT2D eigenvalue weighted by Crippen LogP contribution is 2.36. The topological polar surface area (TPSA) is 51.5 Å². The van der Waals surface area contributed by atoms with Crippen LogP contribution < -0.4 is 0 Å². The normalized spacial score (nSPS) is 21.5. The Labute approximate surface area is 123 Å². The summed E-state index contributed by atoms with van der Waals surface area (Å²) in [4.78, 5) is 0. The number of ether oxygens (including phenoxy) is 3. The SMILES string of the molecule is N#Cc1cc(F)cc(COC2CCC3(CC2)OCCO3)c1. The zero-order valence-corrected chi connectivity index (χ0v) is 11.8. The molecule has 3 rings (SSSR count). The van der Waals surface area contributed by atoms with Crippen LogP contribution in [0.3, 0.4) is 0 Å². The Balaban J connectivity index is 1.52. The number of benzene rings is 1. The van der Waals surface area contributed by atoms with E-state index in [-0.39, 0.29) is 11.9 Å². The number of hydrogen-bond donors (Lipinski definition) is 0. The van der Waals surface area contributed by atoms with Gasteiger partial charge in [-0.25, -0.2) is 4.39 Å². The van der Waals surface area contributed by atoms with Gasteiger partial charge < -0.3 is 14.2 Å². The van der Waals surface area contributed by atoms with Gasteiger partial charge in [0.05, 0.1) is 37.6 Å². The molecule has 2 aliphatic rings. The van der Waals surface area contributed by atoms with E-state index in [1.165, 1.54) is 12.1 Å². The first-order valence-electron chi connectivity index (χ1n) is 7.28. The first-order valence-corrected chi connectivity index (χ1v) is 7.28. The largest absolute Gasteiger partial charge is 0.374 e. The minimum atomic E-state index is -0.400. The van der Waals surface area contributed by atoms with Gasteiger partial charge in [0.25, 0.3) is 0 Å². The Morgan fingerprint density at radius 2 is 1.95 bits per heavy atom. The Hall–Kier alpha value is -1.48. The van der Waals surface area contributed by atoms with Gasteiger partial charge in [0.2, 0.25) is 0 Å². The average Bonchev–Trinajstić information content (AvgIpc) is 2.94. The number of nitrogens with zero attached hydrogens (tertiary/aromatic N) is 1. The minimum Gasteiger partial charge on any atom is -0.374 e. The molecule has 4 nitrogen and oxygen atoms in total. The Morgan fingerprint density at radius 1 is 1.24 bits per heavy atom. The molecule has 1 aliphatic carbocycles. The lowest BCUT2D eigenvalue weighted by Gasteiger charge is -2.35. The molecule has 0 N–H and O–H groups in total. The third-order valence-electron chi connectivity index (χ3n) is 4.08. The molecule has 1 saturated heterocycles. The molecule has 0 bridgehead atoms. The molecular formula is C16H18FNO3. The first-order chi connectivity index (χ1) is 10.2. The summed E-state index contributed by atoms with van der Waals surface area (Å²) in [5.41, 5.74) is 1.02. The zero-order valence-electron chi connectivity index (χ0n) is 11.8. The van der Waals surface area contributed by atoms with Crippen molar-refractivity contribution in [3.8, 4) is 6.07 Å². The third-order valence-corrected chi connectivity index (χ3v) is 4.08. The second-order valence-electron chi connectivity index (χ2n) is 5.58. The first kappa shape index (κ1) is 14.5. The molecule has 0 amide bonds. The highest BCUT2D eigenvalue weighted by atomic mass is 19.1. The maximum atomic E-state index is 13.3. The summed E-state index contributed by atoms with van der Waals surface area (Å²) in [6.45, 7) is 1.67. The number of nitriles is 1. The monoisotopic (exact) mass is 291 g/mol. The van der Waals surface area contributed by atoms with E-state index in [0.29, 0.717) is 30.9 Å². The van der Waals surface area contributed by atoms with Crippen LogP contribution in [-0.4, -0.2) is 25.1 Å². The van der Waals surface area contributed by atoms with Gasteiger partial charge in [0.15, 0.2) is 5.79 Å². The van der Waals surface area contributed by atoms with Crippen molar-refractivity contribution >= 4 is 0 Å². The molecule has 21 heavy (non-hydrogen) atoms. The van der Waals surface area contributed by atoms with Crippen molar-refractivity contribution in [1.82, 2.24) is 0 Å². The summed E-state index contributed by atoms with van der Waals surface area (Å²) >= 11 is 0. The molecule has 1 aliphatic heterocycles. The molecule has 0 radical (unpaired) electrons. The van der Waals surface area contributed by atoms with Gasteiger partial charge in [0, 0.05) is 12.8 Å². The van der Waals surface area contributed by atoms with Crippen molar-refractivity contribution < 1.29 is 18.6 Å². The fourth-order valence-corrected chi connectivity index (χ4v) is 3.00. The van der Waals surface area contributed by atoms with Crippen molar-refractivity contribution in [3.63, 3.8) is 0 Å². The minimum absolute atomic E-state index is 0.136. The molecule has 0 unspecified atom stereocenters. The molecule has 1 aromatic rings. The van der Waals surface area contributed by atoms with Crippen molar-refractivity contribution in [2.45, 2.75) is 44.2 Å². The van der Waals surface area contributed by atoms with Crippen LogP contribution in [0.1, 0.15) is 36.8 Å². The zero-order chi connectivity index (χ0) is 14.7. The van der Waals surface area contributed by atoms with Gasteiger partial charge >= 0.3 is 0 Å². The number of hydrogen-bond acceptors (Lipinski definition) is 4. The molecule has 1 spiro atoms. The van der Waals surface area contributed by atoms with Gasteiger partial charge in [-0.3, -0.25) is 0 Å². The van der Waals surface area contributed by atoms with E-state index in [9.17, 15) is 4.39 Å². The van der Waals surface area contributed by atoms with Gasteiger partial charge in [-0.1, -0.05) is 0 Å². The van der Waals surface area contributed by atoms with Crippen molar-refractivity contribution in [3.05, 3.63) is 35.1 Å². The summed E-state index contributed by atoms with van der Waals surface area (Å²) in [6.07, 6.45) is 3.56. The standard InChI is InChI=1S/C16H18FNO3/c17-14-8-12(10-18)7-13(9-14)11-19-15-1-3-16(4-2-15)20-5-6-21-16/h7-9,15H,1-6,11H2. The van der Waals surface area contributed by atoms with E-state index >= 15 is 0 Å². The lowest BCUT2D eigenvalue weighted by atomic mass is 9.92. The summed E-state index contributed by atoms with van der Waals surface area (Å²) < 4.78 is 30.5. The Morgan fingerprint density at radius 3 is 2.62 bits per heavy atom. The maximum absolute atomic E-state index is 13.3. The van der Waals surface area contributed by atoms with Gasteiger partial charge in [-0.2, -0.15) is 5.26 Å². The van der Waals surface area contributed by atoms with Crippen LogP contribution in [0.5, 0.6) is 0 Å². The summed E-state index contributed by atoms with van der Waals surface area (Å²) in [7, 11) is 0. The van der Waals surface area contributed by atoms with E-state index < -0.39 is 5.82 Å². The Kier molecular flexibility index (Phi) is 4.20. The van der Waals surface area contributed by atoms with Gasteiger partial charge in [-0.15, -0.1) is 0 Å². The predicted molar refractivity (Wildman–Crippen MR) is 72.8 cm³/mol. The van der Waals surface area contributed by atoms with Crippen LogP contribution in [0.15, 0.2) is 18.2 Å². The number of halogens is 1. The highest BCUT2D eigenvalue weighted by Gasteiger charge is 2.40. The second-order valence-corrected chi connectivity index (χ2v) is 5.58. The summed E-state index contributed by atoms with van der Waals surface area (Å²) in [6, 6.07) is 6.25. The van der Waals surface area contributed by atoms with Crippen LogP contribution in [0.4, 0.5) is 4.39 Å². The molecule has 0 atom stereocenters.